The third-order valence-corrected chi connectivity index (χ3v) is 4.43. The van der Waals surface area contributed by atoms with Crippen LogP contribution in [0.2, 0.25) is 0 Å². The van der Waals surface area contributed by atoms with Crippen molar-refractivity contribution in [3.63, 3.8) is 0 Å². The van der Waals surface area contributed by atoms with Crippen LogP contribution >= 0.6 is 0 Å². The predicted molar refractivity (Wildman–Crippen MR) is 87.9 cm³/mol. The van der Waals surface area contributed by atoms with Gasteiger partial charge in [0.1, 0.15) is 17.4 Å². The highest BCUT2D eigenvalue weighted by atomic mass is 16.5. The number of ether oxygens (including phenoxy) is 1. The van der Waals surface area contributed by atoms with E-state index in [0.717, 1.165) is 12.1 Å². The van der Waals surface area contributed by atoms with E-state index >= 15 is 0 Å². The fraction of sp³-hybridized carbons (Fsp3) is 0.222. The van der Waals surface area contributed by atoms with Crippen LogP contribution in [0.4, 0.5) is 0 Å². The molecule has 0 spiro atoms. The van der Waals surface area contributed by atoms with Crippen LogP contribution in [0.5, 0.6) is 0 Å². The van der Waals surface area contributed by atoms with Crippen molar-refractivity contribution in [3.8, 4) is 11.8 Å². The average molecular weight is 333 g/mol. The first-order chi connectivity index (χ1) is 12.2. The zero-order valence-corrected chi connectivity index (χ0v) is 13.3. The van der Waals surface area contributed by atoms with Gasteiger partial charge in [0, 0.05) is 18.4 Å². The largest absolute Gasteiger partial charge is 0.444 e. The SMILES string of the molecule is N#CC1=C(N)OC2=C(C(=O)CCC2)C1c1cn(-c2ccccc2)nn1. The van der Waals surface area contributed by atoms with Gasteiger partial charge in [0.15, 0.2) is 5.78 Å². The van der Waals surface area contributed by atoms with E-state index in [4.69, 9.17) is 10.5 Å². The molecule has 0 amide bonds. The number of allylic oxidation sites excluding steroid dienone is 3. The van der Waals surface area contributed by atoms with E-state index in [2.05, 4.69) is 16.4 Å². The monoisotopic (exact) mass is 333 g/mol. The smallest absolute Gasteiger partial charge is 0.205 e. The highest BCUT2D eigenvalue weighted by Crippen LogP contribution is 2.42. The molecule has 2 aromatic rings. The lowest BCUT2D eigenvalue weighted by molar-refractivity contribution is -0.116. The molecule has 1 aliphatic heterocycles. The molecule has 0 saturated heterocycles. The van der Waals surface area contributed by atoms with Crippen LogP contribution in [0.15, 0.2) is 59.3 Å². The number of carbonyl (C=O) groups is 1. The van der Waals surface area contributed by atoms with Crippen molar-refractivity contribution in [2.24, 2.45) is 5.73 Å². The number of hydrogen-bond acceptors (Lipinski definition) is 6. The summed E-state index contributed by atoms with van der Waals surface area (Å²) in [4.78, 5) is 12.5. The quantitative estimate of drug-likeness (QED) is 0.901. The van der Waals surface area contributed by atoms with Crippen LogP contribution in [-0.4, -0.2) is 20.8 Å². The van der Waals surface area contributed by atoms with Crippen molar-refractivity contribution < 1.29 is 9.53 Å². The molecule has 7 nitrogen and oxygen atoms in total. The maximum Gasteiger partial charge on any atom is 0.205 e. The molecule has 0 bridgehead atoms. The molecular formula is C18H15N5O2. The summed E-state index contributed by atoms with van der Waals surface area (Å²) in [6.07, 6.45) is 3.51. The van der Waals surface area contributed by atoms with Gasteiger partial charge in [0.05, 0.1) is 23.5 Å². The molecule has 0 radical (unpaired) electrons. The van der Waals surface area contributed by atoms with Crippen molar-refractivity contribution in [2.45, 2.75) is 25.2 Å². The van der Waals surface area contributed by atoms with E-state index in [1.807, 2.05) is 30.3 Å². The number of nitriles is 1. The Morgan fingerprint density at radius 1 is 1.28 bits per heavy atom. The lowest BCUT2D eigenvalue weighted by atomic mass is 9.80. The minimum absolute atomic E-state index is 0.0271. The van der Waals surface area contributed by atoms with Gasteiger partial charge in [0.2, 0.25) is 5.88 Å². The molecule has 1 aromatic heterocycles. The number of carbonyl (C=O) groups excluding carboxylic acids is 1. The summed E-state index contributed by atoms with van der Waals surface area (Å²) in [7, 11) is 0. The van der Waals surface area contributed by atoms with Gasteiger partial charge in [-0.05, 0) is 18.6 Å². The number of hydrogen-bond donors (Lipinski definition) is 1. The first-order valence-electron chi connectivity index (χ1n) is 8.00. The average Bonchev–Trinajstić information content (AvgIpc) is 3.11. The van der Waals surface area contributed by atoms with Gasteiger partial charge >= 0.3 is 0 Å². The lowest BCUT2D eigenvalue weighted by Gasteiger charge is -2.29. The molecule has 25 heavy (non-hydrogen) atoms. The normalized spacial score (nSPS) is 20.1. The van der Waals surface area contributed by atoms with Gasteiger partial charge in [-0.3, -0.25) is 4.79 Å². The fourth-order valence-electron chi connectivity index (χ4n) is 3.27. The summed E-state index contributed by atoms with van der Waals surface area (Å²) in [6, 6.07) is 11.6. The summed E-state index contributed by atoms with van der Waals surface area (Å²) in [5, 5.41) is 17.9. The third-order valence-electron chi connectivity index (χ3n) is 4.43. The highest BCUT2D eigenvalue weighted by Gasteiger charge is 2.39. The Hall–Kier alpha value is -3.40. The van der Waals surface area contributed by atoms with Gasteiger partial charge in [0.25, 0.3) is 0 Å². The standard InChI is InChI=1S/C18H15N5O2/c19-9-12-16(17-14(24)7-4-8-15(17)25-18(12)20)13-10-23(22-21-13)11-5-2-1-3-6-11/h1-3,5-6,10,16H,4,7-8,20H2. The van der Waals surface area contributed by atoms with E-state index < -0.39 is 5.92 Å². The van der Waals surface area contributed by atoms with Crippen LogP contribution in [0, 0.1) is 11.3 Å². The van der Waals surface area contributed by atoms with Gasteiger partial charge in [-0.25, -0.2) is 4.68 Å². The van der Waals surface area contributed by atoms with Crippen molar-refractivity contribution in [1.82, 2.24) is 15.0 Å². The first-order valence-corrected chi connectivity index (χ1v) is 8.00. The van der Waals surface area contributed by atoms with Crippen LogP contribution in [0.3, 0.4) is 0 Å². The summed E-state index contributed by atoms with van der Waals surface area (Å²) >= 11 is 0. The Labute approximate surface area is 144 Å². The van der Waals surface area contributed by atoms with Gasteiger partial charge in [-0.2, -0.15) is 5.26 Å². The molecule has 1 atom stereocenters. The molecule has 0 fully saturated rings. The Morgan fingerprint density at radius 2 is 2.08 bits per heavy atom. The van der Waals surface area contributed by atoms with E-state index in [1.165, 1.54) is 0 Å². The van der Waals surface area contributed by atoms with Gasteiger partial charge < -0.3 is 10.5 Å². The molecule has 2 N–H and O–H groups in total. The number of benzene rings is 1. The molecule has 1 aliphatic carbocycles. The van der Waals surface area contributed by atoms with Crippen molar-refractivity contribution >= 4 is 5.78 Å². The highest BCUT2D eigenvalue weighted by molar-refractivity contribution is 5.99. The minimum atomic E-state index is -0.626. The van der Waals surface area contributed by atoms with Gasteiger partial charge in [-0.1, -0.05) is 23.4 Å². The summed E-state index contributed by atoms with van der Waals surface area (Å²) in [6.45, 7) is 0. The van der Waals surface area contributed by atoms with E-state index in [1.54, 1.807) is 10.9 Å². The number of para-hydroxylation sites is 1. The van der Waals surface area contributed by atoms with Crippen LogP contribution < -0.4 is 5.73 Å². The van der Waals surface area contributed by atoms with Crippen molar-refractivity contribution in [2.75, 3.05) is 0 Å². The molecule has 124 valence electrons. The summed E-state index contributed by atoms with van der Waals surface area (Å²) < 4.78 is 7.16. The Morgan fingerprint density at radius 3 is 2.84 bits per heavy atom. The second-order valence-electron chi connectivity index (χ2n) is 5.96. The third kappa shape index (κ3) is 2.48. The molecule has 2 aliphatic rings. The number of Topliss-reactive ketones (excluding diaryl/α,β-unsaturated/α-hetero) is 1. The van der Waals surface area contributed by atoms with Crippen LogP contribution in [0.1, 0.15) is 30.9 Å². The number of ketones is 1. The predicted octanol–water partition coefficient (Wildman–Crippen LogP) is 2.08. The number of aromatic nitrogens is 3. The van der Waals surface area contributed by atoms with Gasteiger partial charge in [-0.15, -0.1) is 5.10 Å². The van der Waals surface area contributed by atoms with E-state index in [-0.39, 0.29) is 17.2 Å². The Balaban J connectivity index is 1.82. The molecule has 0 saturated carbocycles. The van der Waals surface area contributed by atoms with Crippen LogP contribution in [0.25, 0.3) is 5.69 Å². The van der Waals surface area contributed by atoms with E-state index in [9.17, 15) is 10.1 Å². The fourth-order valence-corrected chi connectivity index (χ4v) is 3.27. The molecule has 1 aromatic carbocycles. The second-order valence-corrected chi connectivity index (χ2v) is 5.96. The first kappa shape index (κ1) is 15.1. The van der Waals surface area contributed by atoms with Crippen LogP contribution in [-0.2, 0) is 9.53 Å². The van der Waals surface area contributed by atoms with Crippen molar-refractivity contribution in [3.05, 3.63) is 65.0 Å². The topological polar surface area (TPSA) is 107 Å². The number of nitrogens with zero attached hydrogens (tertiary/aromatic N) is 4. The Kier molecular flexibility index (Phi) is 3.58. The zero-order valence-electron chi connectivity index (χ0n) is 13.3. The van der Waals surface area contributed by atoms with Crippen molar-refractivity contribution in [1.29, 1.82) is 5.26 Å². The summed E-state index contributed by atoms with van der Waals surface area (Å²) in [5.74, 6) is -0.0676. The molecule has 1 unspecified atom stereocenters. The molecule has 4 rings (SSSR count). The molecule has 7 heteroatoms. The number of nitrogens with two attached hydrogens (primary N) is 1. The lowest BCUT2D eigenvalue weighted by Crippen LogP contribution is -2.27. The number of rotatable bonds is 2. The zero-order chi connectivity index (χ0) is 17.4. The second kappa shape index (κ2) is 5.91. The minimum Gasteiger partial charge on any atom is -0.444 e. The molecular weight excluding hydrogens is 318 g/mol. The van der Waals surface area contributed by atoms with E-state index in [0.29, 0.717) is 29.9 Å². The maximum absolute atomic E-state index is 12.5. The molecule has 2 heterocycles. The maximum atomic E-state index is 12.5. The Bertz CT molecular complexity index is 949. The summed E-state index contributed by atoms with van der Waals surface area (Å²) in [5.41, 5.74) is 7.96.